The topological polar surface area (TPSA) is 50.1 Å². The first-order valence-corrected chi connectivity index (χ1v) is 6.38. The Hall–Kier alpha value is -1.39. The standard InChI is InChI=1S/C14H21N3O/c1-10(2)12(9-18)15-8-14-16-11-6-4-5-7-13(11)17(14)3/h4-7,10,12,15,18H,8-9H2,1-3H3. The molecule has 2 aromatic rings. The lowest BCUT2D eigenvalue weighted by Gasteiger charge is -2.19. The van der Waals surface area contributed by atoms with Crippen LogP contribution in [0.25, 0.3) is 11.0 Å². The number of fused-ring (bicyclic) bond motifs is 1. The van der Waals surface area contributed by atoms with Crippen LogP contribution in [0.2, 0.25) is 0 Å². The molecule has 1 heterocycles. The number of aromatic nitrogens is 2. The van der Waals surface area contributed by atoms with Gasteiger partial charge in [-0.25, -0.2) is 4.98 Å². The van der Waals surface area contributed by atoms with Crippen molar-refractivity contribution < 1.29 is 5.11 Å². The van der Waals surface area contributed by atoms with Gasteiger partial charge in [0.1, 0.15) is 5.82 Å². The molecule has 0 aliphatic heterocycles. The Morgan fingerprint density at radius 2 is 2.06 bits per heavy atom. The number of hydrogen-bond acceptors (Lipinski definition) is 3. The molecule has 1 unspecified atom stereocenters. The van der Waals surface area contributed by atoms with Crippen LogP contribution < -0.4 is 5.32 Å². The van der Waals surface area contributed by atoms with E-state index in [4.69, 9.17) is 0 Å². The zero-order valence-corrected chi connectivity index (χ0v) is 11.2. The normalized spacial score (nSPS) is 13.4. The number of aliphatic hydroxyl groups is 1. The van der Waals surface area contributed by atoms with E-state index in [9.17, 15) is 5.11 Å². The van der Waals surface area contributed by atoms with Crippen molar-refractivity contribution in [1.29, 1.82) is 0 Å². The number of para-hydroxylation sites is 2. The van der Waals surface area contributed by atoms with Gasteiger partial charge < -0.3 is 15.0 Å². The van der Waals surface area contributed by atoms with Crippen LogP contribution in [0, 0.1) is 5.92 Å². The number of hydrogen-bond donors (Lipinski definition) is 2. The first kappa shape index (κ1) is 13.1. The number of aryl methyl sites for hydroxylation is 1. The zero-order valence-electron chi connectivity index (χ0n) is 11.2. The van der Waals surface area contributed by atoms with Crippen LogP contribution in [-0.2, 0) is 13.6 Å². The molecule has 0 saturated heterocycles. The van der Waals surface area contributed by atoms with E-state index in [1.807, 2.05) is 25.2 Å². The summed E-state index contributed by atoms with van der Waals surface area (Å²) in [7, 11) is 2.02. The van der Waals surface area contributed by atoms with Crippen LogP contribution in [-0.4, -0.2) is 27.3 Å². The number of nitrogens with one attached hydrogen (secondary N) is 1. The van der Waals surface area contributed by atoms with Crippen LogP contribution in [0.15, 0.2) is 24.3 Å². The van der Waals surface area contributed by atoms with Gasteiger partial charge >= 0.3 is 0 Å². The fraction of sp³-hybridized carbons (Fsp3) is 0.500. The molecule has 0 saturated carbocycles. The molecule has 0 fully saturated rings. The molecule has 0 aliphatic carbocycles. The van der Waals surface area contributed by atoms with Crippen LogP contribution in [0.4, 0.5) is 0 Å². The molecular weight excluding hydrogens is 226 g/mol. The average Bonchev–Trinajstić information content (AvgIpc) is 2.67. The van der Waals surface area contributed by atoms with Gasteiger partial charge in [0, 0.05) is 13.1 Å². The lowest BCUT2D eigenvalue weighted by atomic mass is 10.1. The van der Waals surface area contributed by atoms with Crippen molar-refractivity contribution in [3.8, 4) is 0 Å². The van der Waals surface area contributed by atoms with Crippen molar-refractivity contribution in [1.82, 2.24) is 14.9 Å². The molecule has 2 N–H and O–H groups in total. The molecule has 0 aliphatic rings. The van der Waals surface area contributed by atoms with E-state index < -0.39 is 0 Å². The summed E-state index contributed by atoms with van der Waals surface area (Å²) < 4.78 is 2.09. The molecule has 1 atom stereocenters. The van der Waals surface area contributed by atoms with Gasteiger partial charge in [-0.3, -0.25) is 0 Å². The van der Waals surface area contributed by atoms with Crippen LogP contribution in [0.3, 0.4) is 0 Å². The predicted octanol–water partition coefficient (Wildman–Crippen LogP) is 1.68. The third kappa shape index (κ3) is 2.54. The molecule has 0 radical (unpaired) electrons. The van der Waals surface area contributed by atoms with Crippen LogP contribution in [0.5, 0.6) is 0 Å². The molecule has 1 aromatic carbocycles. The number of imidazole rings is 1. The summed E-state index contributed by atoms with van der Waals surface area (Å²) in [6.07, 6.45) is 0. The van der Waals surface area contributed by atoms with Gasteiger partial charge in [-0.1, -0.05) is 26.0 Å². The first-order valence-electron chi connectivity index (χ1n) is 6.38. The van der Waals surface area contributed by atoms with Crippen molar-refractivity contribution in [3.63, 3.8) is 0 Å². The summed E-state index contributed by atoms with van der Waals surface area (Å²) in [4.78, 5) is 4.60. The van der Waals surface area contributed by atoms with E-state index in [1.54, 1.807) is 0 Å². The van der Waals surface area contributed by atoms with E-state index in [2.05, 4.69) is 34.8 Å². The summed E-state index contributed by atoms with van der Waals surface area (Å²) in [6.45, 7) is 5.03. The molecule has 0 bridgehead atoms. The second-order valence-electron chi connectivity index (χ2n) is 4.99. The van der Waals surface area contributed by atoms with Crippen molar-refractivity contribution in [3.05, 3.63) is 30.1 Å². The molecule has 0 spiro atoms. The molecule has 4 nitrogen and oxygen atoms in total. The van der Waals surface area contributed by atoms with E-state index >= 15 is 0 Å². The minimum absolute atomic E-state index is 0.116. The Kier molecular flexibility index (Phi) is 3.99. The third-order valence-corrected chi connectivity index (χ3v) is 3.40. The molecule has 2 rings (SSSR count). The lowest BCUT2D eigenvalue weighted by molar-refractivity contribution is 0.209. The molecular formula is C14H21N3O. The minimum Gasteiger partial charge on any atom is -0.395 e. The highest BCUT2D eigenvalue weighted by molar-refractivity contribution is 5.75. The van der Waals surface area contributed by atoms with Crippen LogP contribution in [0.1, 0.15) is 19.7 Å². The fourth-order valence-electron chi connectivity index (χ4n) is 2.09. The van der Waals surface area contributed by atoms with Gasteiger partial charge in [0.05, 0.1) is 24.2 Å². The summed E-state index contributed by atoms with van der Waals surface area (Å²) in [5, 5.41) is 12.6. The summed E-state index contributed by atoms with van der Waals surface area (Å²) >= 11 is 0. The maximum atomic E-state index is 9.29. The SMILES string of the molecule is CC(C)C(CO)NCc1nc2ccccc2n1C. The van der Waals surface area contributed by atoms with E-state index in [0.29, 0.717) is 12.5 Å². The Labute approximate surface area is 108 Å². The molecule has 1 aromatic heterocycles. The second-order valence-corrected chi connectivity index (χ2v) is 4.99. The Morgan fingerprint density at radius 1 is 1.33 bits per heavy atom. The van der Waals surface area contributed by atoms with Gasteiger partial charge in [0.2, 0.25) is 0 Å². The van der Waals surface area contributed by atoms with E-state index in [1.165, 1.54) is 0 Å². The third-order valence-electron chi connectivity index (χ3n) is 3.40. The van der Waals surface area contributed by atoms with Gasteiger partial charge in [-0.2, -0.15) is 0 Å². The highest BCUT2D eigenvalue weighted by atomic mass is 16.3. The maximum Gasteiger partial charge on any atom is 0.123 e. The largest absolute Gasteiger partial charge is 0.395 e. The monoisotopic (exact) mass is 247 g/mol. The number of aliphatic hydroxyl groups excluding tert-OH is 1. The highest BCUT2D eigenvalue weighted by Crippen LogP contribution is 2.14. The summed E-state index contributed by atoms with van der Waals surface area (Å²) in [5.74, 6) is 1.40. The Bertz CT molecular complexity index is 519. The number of nitrogens with zero attached hydrogens (tertiary/aromatic N) is 2. The van der Waals surface area contributed by atoms with Gasteiger partial charge in [-0.15, -0.1) is 0 Å². The van der Waals surface area contributed by atoms with Crippen molar-refractivity contribution >= 4 is 11.0 Å². The van der Waals surface area contributed by atoms with Gasteiger partial charge in [-0.05, 0) is 18.1 Å². The van der Waals surface area contributed by atoms with Gasteiger partial charge in [0.25, 0.3) is 0 Å². The highest BCUT2D eigenvalue weighted by Gasteiger charge is 2.13. The number of rotatable bonds is 5. The smallest absolute Gasteiger partial charge is 0.123 e. The van der Waals surface area contributed by atoms with Crippen molar-refractivity contribution in [2.75, 3.05) is 6.61 Å². The number of benzene rings is 1. The minimum atomic E-state index is 0.116. The lowest BCUT2D eigenvalue weighted by Crippen LogP contribution is -2.37. The fourth-order valence-corrected chi connectivity index (χ4v) is 2.09. The molecule has 0 amide bonds. The summed E-state index contributed by atoms with van der Waals surface area (Å²) in [6, 6.07) is 8.22. The molecule has 98 valence electrons. The van der Waals surface area contributed by atoms with Gasteiger partial charge in [0.15, 0.2) is 0 Å². The van der Waals surface area contributed by atoms with Crippen molar-refractivity contribution in [2.45, 2.75) is 26.4 Å². The quantitative estimate of drug-likeness (QED) is 0.845. The Morgan fingerprint density at radius 3 is 2.67 bits per heavy atom. The molecule has 18 heavy (non-hydrogen) atoms. The zero-order chi connectivity index (χ0) is 13.1. The predicted molar refractivity (Wildman–Crippen MR) is 73.3 cm³/mol. The van der Waals surface area contributed by atoms with E-state index in [-0.39, 0.29) is 12.6 Å². The summed E-state index contributed by atoms with van der Waals surface area (Å²) in [5.41, 5.74) is 2.15. The van der Waals surface area contributed by atoms with Crippen LogP contribution >= 0.6 is 0 Å². The average molecular weight is 247 g/mol. The van der Waals surface area contributed by atoms with Crippen molar-refractivity contribution in [2.24, 2.45) is 13.0 Å². The maximum absolute atomic E-state index is 9.29. The first-order chi connectivity index (χ1) is 8.63. The second kappa shape index (κ2) is 5.50. The van der Waals surface area contributed by atoms with E-state index in [0.717, 1.165) is 16.9 Å². The Balaban J connectivity index is 2.14. The molecule has 4 heteroatoms.